The predicted molar refractivity (Wildman–Crippen MR) is 150 cm³/mol. The first kappa shape index (κ1) is 33.0. The van der Waals surface area contributed by atoms with Crippen LogP contribution in [-0.2, 0) is 24.0 Å². The molecule has 0 spiro atoms. The van der Waals surface area contributed by atoms with Crippen molar-refractivity contribution in [3.63, 3.8) is 0 Å². The molecular formula is C28H48N6O6. The Kier molecular flexibility index (Phi) is 11.5. The van der Waals surface area contributed by atoms with Gasteiger partial charge in [0.1, 0.15) is 12.1 Å². The van der Waals surface area contributed by atoms with Crippen molar-refractivity contribution in [1.82, 2.24) is 31.1 Å². The van der Waals surface area contributed by atoms with Crippen molar-refractivity contribution in [2.45, 2.75) is 98.7 Å². The molecule has 2 saturated heterocycles. The highest BCUT2D eigenvalue weighted by Crippen LogP contribution is 2.27. The third-order valence-electron chi connectivity index (χ3n) is 7.42. The first-order valence-electron chi connectivity index (χ1n) is 14.3. The molecule has 40 heavy (non-hydrogen) atoms. The van der Waals surface area contributed by atoms with Crippen molar-refractivity contribution in [1.29, 1.82) is 0 Å². The Labute approximate surface area is 237 Å². The van der Waals surface area contributed by atoms with E-state index in [1.807, 2.05) is 41.5 Å². The average molecular weight is 565 g/mol. The molecule has 226 valence electrons. The molecule has 0 aromatic heterocycles. The van der Waals surface area contributed by atoms with Gasteiger partial charge in [0.25, 0.3) is 5.91 Å². The van der Waals surface area contributed by atoms with Crippen LogP contribution in [0, 0.1) is 10.8 Å². The number of hydrogen-bond acceptors (Lipinski definition) is 6. The van der Waals surface area contributed by atoms with Crippen LogP contribution in [0.1, 0.15) is 80.6 Å². The van der Waals surface area contributed by atoms with Crippen molar-refractivity contribution in [3.8, 4) is 0 Å². The van der Waals surface area contributed by atoms with Gasteiger partial charge in [-0.25, -0.2) is 4.79 Å². The zero-order chi connectivity index (χ0) is 30.3. The van der Waals surface area contributed by atoms with E-state index in [0.717, 1.165) is 12.8 Å². The van der Waals surface area contributed by atoms with E-state index in [4.69, 9.17) is 0 Å². The van der Waals surface area contributed by atoms with E-state index in [-0.39, 0.29) is 17.4 Å². The van der Waals surface area contributed by atoms with Gasteiger partial charge < -0.3 is 31.1 Å². The summed E-state index contributed by atoms with van der Waals surface area (Å²) in [6.07, 6.45) is 3.31. The Morgan fingerprint density at radius 3 is 2.15 bits per heavy atom. The molecule has 0 unspecified atom stereocenters. The summed E-state index contributed by atoms with van der Waals surface area (Å²) >= 11 is 0. The van der Waals surface area contributed by atoms with Crippen LogP contribution in [0.3, 0.4) is 0 Å². The average Bonchev–Trinajstić information content (AvgIpc) is 3.35. The summed E-state index contributed by atoms with van der Waals surface area (Å²) in [7, 11) is 0. The topological polar surface area (TPSA) is 157 Å². The molecule has 3 atom stereocenters. The molecule has 2 fully saturated rings. The van der Waals surface area contributed by atoms with Crippen LogP contribution < -0.4 is 21.3 Å². The Hall–Kier alpha value is -3.18. The molecule has 0 aromatic carbocycles. The number of nitrogens with one attached hydrogen (secondary N) is 4. The van der Waals surface area contributed by atoms with Gasteiger partial charge in [0, 0.05) is 32.6 Å². The van der Waals surface area contributed by atoms with Gasteiger partial charge in [-0.1, -0.05) is 41.5 Å². The Balaban J connectivity index is 2.10. The lowest BCUT2D eigenvalue weighted by atomic mass is 9.85. The zero-order valence-corrected chi connectivity index (χ0v) is 25.1. The van der Waals surface area contributed by atoms with E-state index in [0.29, 0.717) is 45.4 Å². The Morgan fingerprint density at radius 2 is 1.57 bits per heavy atom. The summed E-state index contributed by atoms with van der Waals surface area (Å²) < 4.78 is 0. The normalized spacial score (nSPS) is 19.5. The molecule has 0 aromatic rings. The first-order chi connectivity index (χ1) is 18.6. The van der Waals surface area contributed by atoms with Crippen LogP contribution in [0.15, 0.2) is 0 Å². The maximum Gasteiger partial charge on any atom is 0.315 e. The highest BCUT2D eigenvalue weighted by molar-refractivity contribution is 6.37. The number of Topliss-reactive ketones (excluding diaryl/α,β-unsaturated/α-hetero) is 1. The summed E-state index contributed by atoms with van der Waals surface area (Å²) in [6.45, 7) is 14.4. The fourth-order valence-electron chi connectivity index (χ4n) is 4.88. The Bertz CT molecular complexity index is 969. The van der Waals surface area contributed by atoms with Gasteiger partial charge in [-0.15, -0.1) is 0 Å². The molecule has 2 aliphatic rings. The minimum atomic E-state index is -0.935. The standard InChI is InChI=1S/C28H48N6O6/c1-8-29-24(38)19(35)16-30-23(37)18-12-11-15-34(18)25(39)22(28(5,6)7)32-26(40)31-20(27(2,3)4)17-33-14-10-9-13-21(33)36/h18,20,22H,8-17H2,1-7H3,(H,29,38)(H,30,37)(H2,31,32,40)/t18-,20+,22+/m0/s1. The molecule has 0 radical (unpaired) electrons. The largest absolute Gasteiger partial charge is 0.350 e. The predicted octanol–water partition coefficient (Wildman–Crippen LogP) is 0.940. The van der Waals surface area contributed by atoms with Crippen LogP contribution in [0.2, 0.25) is 0 Å². The number of carbonyl (C=O) groups excluding carboxylic acids is 6. The maximum atomic E-state index is 13.7. The lowest BCUT2D eigenvalue weighted by Crippen LogP contribution is -2.61. The van der Waals surface area contributed by atoms with Crippen LogP contribution in [-0.4, -0.2) is 96.1 Å². The summed E-state index contributed by atoms with van der Waals surface area (Å²) in [4.78, 5) is 79.1. The van der Waals surface area contributed by atoms with E-state index in [1.54, 1.807) is 11.8 Å². The van der Waals surface area contributed by atoms with E-state index in [9.17, 15) is 28.8 Å². The number of urea groups is 1. The summed E-state index contributed by atoms with van der Waals surface area (Å²) in [6, 6.07) is -2.62. The molecule has 0 saturated carbocycles. The molecule has 12 nitrogen and oxygen atoms in total. The highest BCUT2D eigenvalue weighted by atomic mass is 16.2. The Morgan fingerprint density at radius 1 is 0.900 bits per heavy atom. The second kappa shape index (κ2) is 13.9. The monoisotopic (exact) mass is 564 g/mol. The number of hydrogen-bond donors (Lipinski definition) is 4. The third kappa shape index (κ3) is 9.19. The summed E-state index contributed by atoms with van der Waals surface area (Å²) in [5.74, 6) is -2.37. The van der Waals surface area contributed by atoms with Gasteiger partial charge in [0.2, 0.25) is 23.5 Å². The van der Waals surface area contributed by atoms with Gasteiger partial charge in [-0.3, -0.25) is 24.0 Å². The number of ketones is 1. The highest BCUT2D eigenvalue weighted by Gasteiger charge is 2.42. The second-order valence-electron chi connectivity index (χ2n) is 12.8. The lowest BCUT2D eigenvalue weighted by molar-refractivity contribution is -0.142. The van der Waals surface area contributed by atoms with Crippen molar-refractivity contribution < 1.29 is 28.8 Å². The number of carbonyl (C=O) groups is 6. The molecule has 2 heterocycles. The van der Waals surface area contributed by atoms with Crippen molar-refractivity contribution in [3.05, 3.63) is 0 Å². The number of likely N-dealkylation sites (tertiary alicyclic amines) is 2. The molecule has 2 rings (SSSR count). The second-order valence-corrected chi connectivity index (χ2v) is 12.8. The van der Waals surface area contributed by atoms with Gasteiger partial charge in [-0.2, -0.15) is 0 Å². The fraction of sp³-hybridized carbons (Fsp3) is 0.786. The number of rotatable bonds is 10. The molecule has 2 aliphatic heterocycles. The quantitative estimate of drug-likeness (QED) is 0.289. The minimum absolute atomic E-state index is 0.0801. The minimum Gasteiger partial charge on any atom is -0.350 e. The van der Waals surface area contributed by atoms with Gasteiger partial charge in [-0.05, 0) is 43.4 Å². The van der Waals surface area contributed by atoms with E-state index in [1.165, 1.54) is 4.90 Å². The molecule has 6 amide bonds. The van der Waals surface area contributed by atoms with Crippen LogP contribution >= 0.6 is 0 Å². The summed E-state index contributed by atoms with van der Waals surface area (Å²) in [5, 5.41) is 10.7. The molecule has 12 heteroatoms. The smallest absolute Gasteiger partial charge is 0.315 e. The van der Waals surface area contributed by atoms with Crippen LogP contribution in [0.4, 0.5) is 4.79 Å². The van der Waals surface area contributed by atoms with E-state index < -0.39 is 53.6 Å². The van der Waals surface area contributed by atoms with Gasteiger partial charge >= 0.3 is 6.03 Å². The number of amides is 6. The zero-order valence-electron chi connectivity index (χ0n) is 25.1. The third-order valence-corrected chi connectivity index (χ3v) is 7.42. The first-order valence-corrected chi connectivity index (χ1v) is 14.3. The van der Waals surface area contributed by atoms with Gasteiger partial charge in [0.05, 0.1) is 12.6 Å². The number of likely N-dealkylation sites (N-methyl/N-ethyl adjacent to an activating group) is 1. The van der Waals surface area contributed by atoms with E-state index >= 15 is 0 Å². The molecule has 0 aliphatic carbocycles. The lowest BCUT2D eigenvalue weighted by Gasteiger charge is -2.39. The van der Waals surface area contributed by atoms with Gasteiger partial charge in [0.15, 0.2) is 0 Å². The van der Waals surface area contributed by atoms with Crippen LogP contribution in [0.25, 0.3) is 0 Å². The fourth-order valence-corrected chi connectivity index (χ4v) is 4.88. The summed E-state index contributed by atoms with van der Waals surface area (Å²) in [5.41, 5.74) is -1.02. The van der Waals surface area contributed by atoms with E-state index in [2.05, 4.69) is 21.3 Å². The van der Waals surface area contributed by atoms with Crippen molar-refractivity contribution in [2.75, 3.05) is 32.7 Å². The molecule has 0 bridgehead atoms. The molecular weight excluding hydrogens is 516 g/mol. The van der Waals surface area contributed by atoms with Crippen molar-refractivity contribution in [2.24, 2.45) is 10.8 Å². The SMILES string of the molecule is CCNC(=O)C(=O)CNC(=O)[C@@H]1CCCN1C(=O)[C@@H](NC(=O)N[C@H](CN1CCCCC1=O)C(C)(C)C)C(C)(C)C. The maximum absolute atomic E-state index is 13.7. The van der Waals surface area contributed by atoms with Crippen molar-refractivity contribution >= 4 is 35.4 Å². The van der Waals surface area contributed by atoms with Crippen LogP contribution in [0.5, 0.6) is 0 Å². The molecule has 4 N–H and O–H groups in total. The number of nitrogens with zero attached hydrogens (tertiary/aromatic N) is 2. The number of piperidine rings is 1.